The minimum Gasteiger partial charge on any atom is -0.506 e. The SMILES string of the molecule is CCN(CCNCCc1ccc(O)c2[nH]c(=O)sc12)C(=O)CCOCCc1cccc(OCCCN2CCC3(CC2)CN(C(=O)c2csc(C(C)C)n2)CCO3)c1.O=C(O)C(F)(F)F.O=C(O)C(F)(F)F. The number of ether oxygens (including phenoxy) is 3. The van der Waals surface area contributed by atoms with Gasteiger partial charge in [0.05, 0.1) is 54.7 Å². The summed E-state index contributed by atoms with van der Waals surface area (Å²) in [5, 5.41) is 30.5. The molecule has 71 heavy (non-hydrogen) atoms. The Morgan fingerprint density at radius 2 is 1.66 bits per heavy atom. The number of phenolic OH excluding ortho intramolecular Hbond substituents is 1. The molecule has 2 saturated heterocycles. The number of aromatic hydroxyl groups is 1. The monoisotopic (exact) mass is 1050 g/mol. The van der Waals surface area contributed by atoms with E-state index >= 15 is 0 Å². The lowest BCUT2D eigenvalue weighted by molar-refractivity contribution is -0.193. The number of thiazole rings is 2. The zero-order valence-electron chi connectivity index (χ0n) is 39.5. The summed E-state index contributed by atoms with van der Waals surface area (Å²) in [6.45, 7) is 15.0. The Morgan fingerprint density at radius 3 is 2.30 bits per heavy atom. The Hall–Kier alpha value is -5.34. The smallest absolute Gasteiger partial charge is 0.490 e. The highest BCUT2D eigenvalue weighted by atomic mass is 32.1. The van der Waals surface area contributed by atoms with Gasteiger partial charge in [-0.15, -0.1) is 11.3 Å². The molecular formula is C46H60F6N6O11S2. The van der Waals surface area contributed by atoms with Crippen molar-refractivity contribution in [3.05, 3.63) is 73.3 Å². The van der Waals surface area contributed by atoms with Gasteiger partial charge in [0.15, 0.2) is 0 Å². The average Bonchev–Trinajstić information content (AvgIpc) is 3.98. The van der Waals surface area contributed by atoms with Gasteiger partial charge in [-0.25, -0.2) is 14.6 Å². The molecule has 2 fully saturated rings. The maximum Gasteiger partial charge on any atom is 0.490 e. The number of hydrogen-bond donors (Lipinski definition) is 5. The number of carboxylic acid groups (broad SMARTS) is 2. The van der Waals surface area contributed by atoms with Gasteiger partial charge in [-0.05, 0) is 74.9 Å². The summed E-state index contributed by atoms with van der Waals surface area (Å²) in [6.07, 6.45) is -5.63. The molecule has 0 aliphatic carbocycles. The largest absolute Gasteiger partial charge is 0.506 e. The summed E-state index contributed by atoms with van der Waals surface area (Å²) in [5.74, 6) is -4.17. The van der Waals surface area contributed by atoms with Crippen molar-refractivity contribution >= 4 is 56.6 Å². The topological polar surface area (TPSA) is 224 Å². The van der Waals surface area contributed by atoms with E-state index in [1.807, 2.05) is 40.3 Å². The first-order valence-electron chi connectivity index (χ1n) is 22.8. The summed E-state index contributed by atoms with van der Waals surface area (Å²) < 4.78 is 82.5. The summed E-state index contributed by atoms with van der Waals surface area (Å²) in [6, 6.07) is 11.6. The zero-order valence-corrected chi connectivity index (χ0v) is 41.2. The number of hydrogen-bond acceptors (Lipinski definition) is 14. The molecular weight excluding hydrogens is 991 g/mol. The predicted octanol–water partition coefficient (Wildman–Crippen LogP) is 6.55. The van der Waals surface area contributed by atoms with Crippen LogP contribution in [0.2, 0.25) is 0 Å². The van der Waals surface area contributed by atoms with E-state index in [0.29, 0.717) is 95.7 Å². The molecule has 4 aromatic rings. The lowest BCUT2D eigenvalue weighted by Gasteiger charge is -2.47. The number of aromatic amines is 1. The molecule has 5 N–H and O–H groups in total. The van der Waals surface area contributed by atoms with E-state index in [0.717, 1.165) is 83.2 Å². The van der Waals surface area contributed by atoms with Gasteiger partial charge in [0.25, 0.3) is 5.91 Å². The molecule has 4 heterocycles. The Balaban J connectivity index is 0.000000683. The fourth-order valence-corrected chi connectivity index (χ4v) is 9.19. The standard InChI is InChI=1S/C42H58N6O7S2.2C2HF3O2/c1-4-47(21-17-43-16-11-32-9-10-35(49)37-38(32)57-41(52)45-37)36(50)13-25-53-24-12-31-7-5-8-33(27-31)54-23-6-18-46-19-14-42(15-20-46)29-48(22-26-55-42)40(51)34-28-56-39(44-34)30(2)3;2*3-2(4,5)1(6)7/h5,7-10,27-28,30,43,49H,4,6,11-26,29H2,1-3H3,(H,45,52);2*(H,6,7). The number of carboxylic acids is 2. The van der Waals surface area contributed by atoms with Crippen molar-refractivity contribution in [2.45, 2.75) is 83.2 Å². The second-order valence-corrected chi connectivity index (χ2v) is 18.7. The number of carbonyl (C=O) groups excluding carboxylic acids is 2. The molecule has 0 bridgehead atoms. The normalized spacial score (nSPS) is 14.9. The first-order chi connectivity index (χ1) is 33.5. The van der Waals surface area contributed by atoms with Crippen LogP contribution >= 0.6 is 22.7 Å². The van der Waals surface area contributed by atoms with E-state index in [1.165, 1.54) is 0 Å². The van der Waals surface area contributed by atoms with E-state index in [1.54, 1.807) is 17.4 Å². The minimum absolute atomic E-state index is 0.0198. The van der Waals surface area contributed by atoms with Crippen LogP contribution in [0.15, 0.2) is 46.6 Å². The van der Waals surface area contributed by atoms with Crippen molar-refractivity contribution in [3.8, 4) is 11.5 Å². The lowest BCUT2D eigenvalue weighted by Crippen LogP contribution is -2.58. The van der Waals surface area contributed by atoms with E-state index in [4.69, 9.17) is 34.0 Å². The number of morpholine rings is 1. The fraction of sp³-hybridized carbons (Fsp3) is 0.565. The molecule has 2 aliphatic heterocycles. The zero-order chi connectivity index (χ0) is 52.4. The van der Waals surface area contributed by atoms with Crippen LogP contribution in [0.5, 0.6) is 11.5 Å². The van der Waals surface area contributed by atoms with Crippen molar-refractivity contribution in [2.75, 3.05) is 85.3 Å². The van der Waals surface area contributed by atoms with Crippen molar-refractivity contribution in [1.29, 1.82) is 0 Å². The molecule has 0 atom stereocenters. The third-order valence-corrected chi connectivity index (χ3v) is 13.4. The van der Waals surface area contributed by atoms with E-state index in [9.17, 15) is 45.8 Å². The summed E-state index contributed by atoms with van der Waals surface area (Å²) in [5.41, 5.74) is 2.92. The molecule has 2 aromatic carbocycles. The van der Waals surface area contributed by atoms with E-state index in [-0.39, 0.29) is 28.0 Å². The van der Waals surface area contributed by atoms with Crippen LogP contribution in [-0.2, 0) is 36.7 Å². The third-order valence-electron chi connectivity index (χ3n) is 11.3. The number of piperidine rings is 1. The number of fused-ring (bicyclic) bond motifs is 1. The molecule has 2 amide bonds. The van der Waals surface area contributed by atoms with Crippen LogP contribution in [-0.4, -0.2) is 167 Å². The summed E-state index contributed by atoms with van der Waals surface area (Å²) >= 11 is 2.67. The number of nitrogens with one attached hydrogen (secondary N) is 2. The molecule has 2 aliphatic rings. The van der Waals surface area contributed by atoms with Gasteiger partial charge in [0.2, 0.25) is 5.91 Å². The molecule has 394 valence electrons. The number of carbonyl (C=O) groups is 4. The number of likely N-dealkylation sites (tertiary alicyclic amines) is 1. The van der Waals surface area contributed by atoms with Gasteiger partial charge in [0, 0.05) is 57.1 Å². The van der Waals surface area contributed by atoms with E-state index in [2.05, 4.69) is 46.2 Å². The molecule has 6 rings (SSSR count). The van der Waals surface area contributed by atoms with Gasteiger partial charge >= 0.3 is 29.2 Å². The molecule has 1 spiro atoms. The molecule has 0 radical (unpaired) electrons. The van der Waals surface area contributed by atoms with Gasteiger partial charge in [0.1, 0.15) is 22.7 Å². The number of rotatable bonds is 20. The number of H-pyrrole nitrogens is 1. The number of aromatic nitrogens is 2. The van der Waals surface area contributed by atoms with Crippen LogP contribution in [0.3, 0.4) is 0 Å². The molecule has 0 unspecified atom stereocenters. The van der Waals surface area contributed by atoms with Crippen LogP contribution in [0.1, 0.15) is 79.0 Å². The Kier molecular flexibility index (Phi) is 22.5. The van der Waals surface area contributed by atoms with Gasteiger partial charge in [-0.2, -0.15) is 26.3 Å². The van der Waals surface area contributed by atoms with Crippen LogP contribution in [0.4, 0.5) is 26.3 Å². The lowest BCUT2D eigenvalue weighted by atomic mass is 9.89. The Labute approximate surface area is 413 Å². The highest BCUT2D eigenvalue weighted by Crippen LogP contribution is 2.32. The highest BCUT2D eigenvalue weighted by Gasteiger charge is 2.42. The van der Waals surface area contributed by atoms with Gasteiger partial charge < -0.3 is 54.5 Å². The van der Waals surface area contributed by atoms with Gasteiger partial charge in [-0.3, -0.25) is 14.4 Å². The number of amides is 2. The van der Waals surface area contributed by atoms with Crippen LogP contribution in [0.25, 0.3) is 10.2 Å². The van der Waals surface area contributed by atoms with E-state index < -0.39 is 24.3 Å². The second-order valence-electron chi connectivity index (χ2n) is 16.8. The summed E-state index contributed by atoms with van der Waals surface area (Å²) in [4.78, 5) is 69.0. The minimum atomic E-state index is -5.08. The number of likely N-dealkylation sites (N-methyl/N-ethyl adjacent to an activating group) is 1. The maximum absolute atomic E-state index is 13.2. The number of alkyl halides is 6. The van der Waals surface area contributed by atoms with Crippen LogP contribution in [0, 0.1) is 0 Å². The number of phenols is 1. The number of nitrogens with zero attached hydrogens (tertiary/aromatic N) is 4. The van der Waals surface area contributed by atoms with Crippen molar-refractivity contribution in [1.82, 2.24) is 30.0 Å². The first-order valence-corrected chi connectivity index (χ1v) is 24.5. The number of halogens is 6. The average molecular weight is 1050 g/mol. The Morgan fingerprint density at radius 1 is 0.972 bits per heavy atom. The quantitative estimate of drug-likeness (QED) is 0.0468. The fourth-order valence-electron chi connectivity index (χ4n) is 7.49. The summed E-state index contributed by atoms with van der Waals surface area (Å²) in [7, 11) is 0. The molecule has 0 saturated carbocycles. The van der Waals surface area contributed by atoms with Crippen molar-refractivity contribution < 1.29 is 75.1 Å². The van der Waals surface area contributed by atoms with Crippen molar-refractivity contribution in [2.24, 2.45) is 0 Å². The molecule has 17 nitrogen and oxygen atoms in total. The maximum atomic E-state index is 13.2. The van der Waals surface area contributed by atoms with Crippen molar-refractivity contribution in [3.63, 3.8) is 0 Å². The number of benzene rings is 2. The number of aliphatic carboxylic acids is 2. The third kappa shape index (κ3) is 19.0. The van der Waals surface area contributed by atoms with Gasteiger partial charge in [-0.1, -0.05) is 43.4 Å². The molecule has 2 aromatic heterocycles. The van der Waals surface area contributed by atoms with Crippen LogP contribution < -0.4 is 14.9 Å². The predicted molar refractivity (Wildman–Crippen MR) is 252 cm³/mol. The molecule has 25 heteroatoms. The highest BCUT2D eigenvalue weighted by molar-refractivity contribution is 7.16. The first kappa shape index (κ1) is 58.2. The second kappa shape index (κ2) is 27.5. The Bertz CT molecular complexity index is 2380.